The Morgan fingerprint density at radius 1 is 0.529 bits per heavy atom. The van der Waals surface area contributed by atoms with Gasteiger partial charge in [0.2, 0.25) is 0 Å². The van der Waals surface area contributed by atoms with Crippen molar-refractivity contribution in [2.24, 2.45) is 0 Å². The third-order valence-corrected chi connectivity index (χ3v) is 2.26. The summed E-state index contributed by atoms with van der Waals surface area (Å²) in [5, 5.41) is 32.0. The summed E-state index contributed by atoms with van der Waals surface area (Å²) in [5.74, 6) is 0. The SMILES string of the molecule is N#CC([S-])=C([S-])C#N.N#CC([S-])=C([S-])C#N.[Zn+2]. The van der Waals surface area contributed by atoms with Gasteiger partial charge in [0.25, 0.3) is 0 Å². The minimum Gasteiger partial charge on any atom is -0.770 e. The van der Waals surface area contributed by atoms with Gasteiger partial charge >= 0.3 is 19.5 Å². The molecule has 0 unspecified atom stereocenters. The molecule has 0 saturated carbocycles. The Kier molecular flexibility index (Phi) is 16.3. The van der Waals surface area contributed by atoms with E-state index in [0.29, 0.717) is 0 Å². The number of nitrogens with zero attached hydrogens (tertiary/aromatic N) is 4. The van der Waals surface area contributed by atoms with E-state index < -0.39 is 0 Å². The predicted molar refractivity (Wildman–Crippen MR) is 66.0 cm³/mol. The molecule has 0 fully saturated rings. The van der Waals surface area contributed by atoms with Crippen LogP contribution in [0.3, 0.4) is 0 Å². The number of hydrogen-bond donors (Lipinski definition) is 0. The van der Waals surface area contributed by atoms with Crippen LogP contribution < -0.4 is 0 Å². The first kappa shape index (κ1) is 21.3. The maximum absolute atomic E-state index is 8.01. The zero-order valence-electron chi connectivity index (χ0n) is 8.13. The van der Waals surface area contributed by atoms with Crippen LogP contribution in [0, 0.1) is 45.3 Å². The van der Waals surface area contributed by atoms with Crippen LogP contribution in [0.15, 0.2) is 19.6 Å². The largest absolute Gasteiger partial charge is 2.00 e. The minimum absolute atomic E-state index is 0. The quantitative estimate of drug-likeness (QED) is 0.359. The molecule has 0 saturated heterocycles. The third-order valence-electron chi connectivity index (χ3n) is 0.819. The smallest absolute Gasteiger partial charge is 0.770 e. The van der Waals surface area contributed by atoms with E-state index in [9.17, 15) is 0 Å². The van der Waals surface area contributed by atoms with E-state index in [2.05, 4.69) is 50.5 Å². The van der Waals surface area contributed by atoms with Crippen molar-refractivity contribution in [1.82, 2.24) is 0 Å². The number of nitriles is 4. The molecule has 0 amide bonds. The second-order valence-corrected chi connectivity index (χ2v) is 3.40. The third kappa shape index (κ3) is 11.2. The van der Waals surface area contributed by atoms with Gasteiger partial charge in [0.15, 0.2) is 0 Å². The Bertz CT molecular complexity index is 394. The standard InChI is InChI=1S/2C4H2N2S2.Zn/c2*5-1-3(7)4(8)2-6;/h2*7-8H;/q;;+2/p-4. The monoisotopic (exact) mass is 344 g/mol. The van der Waals surface area contributed by atoms with Gasteiger partial charge in [0, 0.05) is 0 Å². The van der Waals surface area contributed by atoms with Gasteiger partial charge in [0.05, 0.1) is 24.3 Å². The van der Waals surface area contributed by atoms with E-state index in [1.54, 1.807) is 24.3 Å². The van der Waals surface area contributed by atoms with E-state index in [0.717, 1.165) is 0 Å². The van der Waals surface area contributed by atoms with Crippen LogP contribution in [0.2, 0.25) is 0 Å². The Hall–Kier alpha value is -1.06. The topological polar surface area (TPSA) is 95.2 Å². The van der Waals surface area contributed by atoms with Crippen molar-refractivity contribution < 1.29 is 19.5 Å². The van der Waals surface area contributed by atoms with E-state index in [1.165, 1.54) is 0 Å². The predicted octanol–water partition coefficient (Wildman–Crippen LogP) is 0.675. The van der Waals surface area contributed by atoms with E-state index >= 15 is 0 Å². The zero-order valence-corrected chi connectivity index (χ0v) is 14.4. The molecule has 0 atom stereocenters. The first-order chi connectivity index (χ1) is 7.44. The Balaban J connectivity index is -0.000000218. The summed E-state index contributed by atoms with van der Waals surface area (Å²) >= 11 is 17.4. The van der Waals surface area contributed by atoms with E-state index in [1.807, 2.05) is 0 Å². The van der Waals surface area contributed by atoms with Gasteiger partial charge < -0.3 is 50.5 Å². The van der Waals surface area contributed by atoms with Crippen molar-refractivity contribution in [3.8, 4) is 24.3 Å². The summed E-state index contributed by atoms with van der Waals surface area (Å²) < 4.78 is 0. The average molecular weight is 346 g/mol. The Morgan fingerprint density at radius 3 is 0.706 bits per heavy atom. The second-order valence-electron chi connectivity index (χ2n) is 1.76. The van der Waals surface area contributed by atoms with E-state index in [-0.39, 0.29) is 39.1 Å². The first-order valence-corrected chi connectivity index (χ1v) is 4.84. The van der Waals surface area contributed by atoms with Crippen molar-refractivity contribution >= 4 is 50.5 Å². The van der Waals surface area contributed by atoms with Crippen molar-refractivity contribution in [3.63, 3.8) is 0 Å². The van der Waals surface area contributed by atoms with Crippen LogP contribution in [0.25, 0.3) is 0 Å². The van der Waals surface area contributed by atoms with Crippen LogP contribution in [-0.4, -0.2) is 0 Å². The first-order valence-electron chi connectivity index (χ1n) is 3.21. The van der Waals surface area contributed by atoms with Gasteiger partial charge in [-0.15, -0.1) is 19.6 Å². The van der Waals surface area contributed by atoms with Crippen molar-refractivity contribution in [3.05, 3.63) is 19.6 Å². The van der Waals surface area contributed by atoms with Crippen LogP contribution >= 0.6 is 0 Å². The molecule has 0 bridgehead atoms. The molecule has 0 aliphatic rings. The molecule has 80 valence electrons. The normalized spacial score (nSPS) is 10.1. The summed E-state index contributed by atoms with van der Waals surface area (Å²) in [6, 6.07) is 6.33. The molecule has 17 heavy (non-hydrogen) atoms. The Morgan fingerprint density at radius 2 is 0.647 bits per heavy atom. The van der Waals surface area contributed by atoms with Gasteiger partial charge in [-0.05, 0) is 0 Å². The molecule has 0 aromatic heterocycles. The minimum atomic E-state index is -0.109. The Labute approximate surface area is 134 Å². The molecule has 0 heterocycles. The van der Waals surface area contributed by atoms with Gasteiger partial charge in [-0.1, -0.05) is 0 Å². The fourth-order valence-corrected chi connectivity index (χ4v) is 0.386. The maximum atomic E-state index is 8.01. The van der Waals surface area contributed by atoms with Crippen LogP contribution in [0.4, 0.5) is 0 Å². The molecular formula is C8N4S4Zn-2. The summed E-state index contributed by atoms with van der Waals surface area (Å²) in [5.41, 5.74) is 0. The van der Waals surface area contributed by atoms with Crippen LogP contribution in [-0.2, 0) is 70.0 Å². The number of hydrogen-bond acceptors (Lipinski definition) is 8. The average Bonchev–Trinajstić information content (AvgIpc) is 2.35. The summed E-state index contributed by atoms with van der Waals surface area (Å²) in [6.07, 6.45) is 0. The molecule has 0 aliphatic heterocycles. The molecule has 0 N–H and O–H groups in total. The van der Waals surface area contributed by atoms with Gasteiger partial charge in [-0.3, -0.25) is 0 Å². The van der Waals surface area contributed by atoms with Gasteiger partial charge in [-0.25, -0.2) is 0 Å². The number of allylic oxidation sites excluding steroid dienone is 4. The summed E-state index contributed by atoms with van der Waals surface area (Å²) in [7, 11) is 0. The van der Waals surface area contributed by atoms with Crippen molar-refractivity contribution in [2.45, 2.75) is 0 Å². The fourth-order valence-electron chi connectivity index (χ4n) is 0.203. The van der Waals surface area contributed by atoms with Crippen LogP contribution in [0.5, 0.6) is 0 Å². The molecule has 0 rings (SSSR count). The molecular weight excluding hydrogens is 346 g/mol. The van der Waals surface area contributed by atoms with Crippen LogP contribution in [0.1, 0.15) is 0 Å². The van der Waals surface area contributed by atoms with Crippen molar-refractivity contribution in [2.75, 3.05) is 0 Å². The molecule has 0 radical (unpaired) electrons. The molecule has 0 aromatic rings. The molecule has 4 nitrogen and oxygen atoms in total. The summed E-state index contributed by atoms with van der Waals surface area (Å²) in [4.78, 5) is -0.435. The molecule has 0 aromatic carbocycles. The maximum Gasteiger partial charge on any atom is 2.00 e. The van der Waals surface area contributed by atoms with Gasteiger partial charge in [0.1, 0.15) is 0 Å². The molecule has 0 aliphatic carbocycles. The number of rotatable bonds is 0. The van der Waals surface area contributed by atoms with Gasteiger partial charge in [-0.2, -0.15) is 21.0 Å². The van der Waals surface area contributed by atoms with E-state index in [4.69, 9.17) is 21.0 Å². The summed E-state index contributed by atoms with van der Waals surface area (Å²) in [6.45, 7) is 0. The molecule has 0 spiro atoms. The molecule has 9 heteroatoms. The second kappa shape index (κ2) is 13.0. The van der Waals surface area contributed by atoms with Crippen molar-refractivity contribution in [1.29, 1.82) is 21.0 Å². The fraction of sp³-hybridized carbons (Fsp3) is 0. The zero-order chi connectivity index (χ0) is 13.1.